The molecule has 0 aliphatic heterocycles. The summed E-state index contributed by atoms with van der Waals surface area (Å²) in [6, 6.07) is 3.73. The molecule has 0 saturated heterocycles. The molecule has 1 aromatic heterocycles. The van der Waals surface area contributed by atoms with Gasteiger partial charge < -0.3 is 9.84 Å². The van der Waals surface area contributed by atoms with E-state index in [1.807, 2.05) is 24.4 Å². The van der Waals surface area contributed by atoms with Crippen LogP contribution in [0.1, 0.15) is 13.3 Å². The molecule has 1 aromatic rings. The van der Waals surface area contributed by atoms with Crippen LogP contribution in [0.15, 0.2) is 17.5 Å². The Morgan fingerprint density at radius 1 is 1.80 bits per heavy atom. The van der Waals surface area contributed by atoms with Crippen molar-refractivity contribution in [1.82, 2.24) is 0 Å². The van der Waals surface area contributed by atoms with E-state index in [-0.39, 0.29) is 0 Å². The van der Waals surface area contributed by atoms with Gasteiger partial charge in [0, 0.05) is 6.42 Å². The number of hydrogen-bond donors (Lipinski definition) is 1. The zero-order chi connectivity index (χ0) is 7.40. The Bertz CT molecular complexity index is 172. The number of aliphatic hydroxyl groups is 1. The van der Waals surface area contributed by atoms with Crippen LogP contribution in [0.25, 0.3) is 0 Å². The summed E-state index contributed by atoms with van der Waals surface area (Å²) in [5, 5.41) is 11.7. The summed E-state index contributed by atoms with van der Waals surface area (Å²) in [6.07, 6.45) is -0.0311. The molecule has 0 fully saturated rings. The number of ether oxygens (including phenoxy) is 1. The third-order valence-electron chi connectivity index (χ3n) is 1.10. The quantitative estimate of drug-likeness (QED) is 0.680. The molecule has 0 amide bonds. The van der Waals surface area contributed by atoms with Gasteiger partial charge >= 0.3 is 0 Å². The lowest BCUT2D eigenvalue weighted by Crippen LogP contribution is -2.12. The molecule has 1 unspecified atom stereocenters. The summed E-state index contributed by atoms with van der Waals surface area (Å²) in [7, 11) is 0. The normalized spacial score (nSPS) is 13.0. The molecule has 0 radical (unpaired) electrons. The molecular formula is C7H10O2S. The Balaban J connectivity index is 2.40. The van der Waals surface area contributed by atoms with E-state index in [0.717, 1.165) is 5.06 Å². The second-order valence-corrected chi connectivity index (χ2v) is 2.82. The average molecular weight is 158 g/mol. The van der Waals surface area contributed by atoms with Crippen LogP contribution >= 0.6 is 11.3 Å². The highest BCUT2D eigenvalue weighted by Gasteiger charge is 2.01. The van der Waals surface area contributed by atoms with E-state index in [1.54, 1.807) is 0 Å². The molecule has 56 valence electrons. The molecule has 0 aliphatic carbocycles. The minimum atomic E-state index is -0.654. The van der Waals surface area contributed by atoms with Crippen LogP contribution in [-0.2, 0) is 0 Å². The molecule has 0 bridgehead atoms. The maximum absolute atomic E-state index is 9.01. The topological polar surface area (TPSA) is 29.5 Å². The van der Waals surface area contributed by atoms with Crippen molar-refractivity contribution in [1.29, 1.82) is 0 Å². The highest BCUT2D eigenvalue weighted by atomic mass is 32.1. The number of hydrogen-bond acceptors (Lipinski definition) is 3. The van der Waals surface area contributed by atoms with Crippen molar-refractivity contribution in [2.45, 2.75) is 19.6 Å². The van der Waals surface area contributed by atoms with Crippen LogP contribution in [0.5, 0.6) is 5.06 Å². The van der Waals surface area contributed by atoms with Crippen molar-refractivity contribution < 1.29 is 9.84 Å². The summed E-state index contributed by atoms with van der Waals surface area (Å²) in [5.41, 5.74) is 0. The molecule has 0 aliphatic rings. The maximum Gasteiger partial charge on any atom is 0.198 e. The first kappa shape index (κ1) is 7.57. The zero-order valence-electron chi connectivity index (χ0n) is 5.78. The maximum atomic E-state index is 9.01. The van der Waals surface area contributed by atoms with Crippen molar-refractivity contribution in [3.8, 4) is 5.06 Å². The highest BCUT2D eigenvalue weighted by Crippen LogP contribution is 2.19. The molecule has 1 N–H and O–H groups in total. The zero-order valence-corrected chi connectivity index (χ0v) is 6.60. The number of thiophene rings is 1. The van der Waals surface area contributed by atoms with Gasteiger partial charge in [-0.3, -0.25) is 0 Å². The summed E-state index contributed by atoms with van der Waals surface area (Å²) < 4.78 is 5.08. The SMILES string of the molecule is CCC(O)Oc1cccs1. The van der Waals surface area contributed by atoms with Crippen LogP contribution < -0.4 is 4.74 Å². The van der Waals surface area contributed by atoms with Crippen molar-refractivity contribution in [3.63, 3.8) is 0 Å². The Hall–Kier alpha value is -0.540. The summed E-state index contributed by atoms with van der Waals surface area (Å²) >= 11 is 1.48. The number of rotatable bonds is 3. The van der Waals surface area contributed by atoms with Crippen LogP contribution in [0.2, 0.25) is 0 Å². The Kier molecular flexibility index (Phi) is 2.71. The number of aliphatic hydroxyl groups excluding tert-OH is 1. The molecular weight excluding hydrogens is 148 g/mol. The molecule has 1 heterocycles. The van der Waals surface area contributed by atoms with Gasteiger partial charge in [-0.25, -0.2) is 0 Å². The van der Waals surface area contributed by atoms with Crippen molar-refractivity contribution in [2.75, 3.05) is 0 Å². The fraction of sp³-hybridized carbons (Fsp3) is 0.429. The Morgan fingerprint density at radius 3 is 3.10 bits per heavy atom. The van der Waals surface area contributed by atoms with Crippen LogP contribution in [0.4, 0.5) is 0 Å². The lowest BCUT2D eigenvalue weighted by atomic mass is 10.5. The lowest BCUT2D eigenvalue weighted by molar-refractivity contribution is -0.0163. The molecule has 0 saturated carbocycles. The highest BCUT2D eigenvalue weighted by molar-refractivity contribution is 7.11. The minimum Gasteiger partial charge on any atom is -0.456 e. The molecule has 2 nitrogen and oxygen atoms in total. The molecule has 1 rings (SSSR count). The predicted octanol–water partition coefficient (Wildman–Crippen LogP) is 1.86. The summed E-state index contributed by atoms with van der Waals surface area (Å²) in [4.78, 5) is 0. The van der Waals surface area contributed by atoms with E-state index in [1.165, 1.54) is 11.3 Å². The van der Waals surface area contributed by atoms with Crippen LogP contribution in [-0.4, -0.2) is 11.4 Å². The second kappa shape index (κ2) is 3.58. The van der Waals surface area contributed by atoms with Crippen LogP contribution in [0.3, 0.4) is 0 Å². The minimum absolute atomic E-state index is 0.623. The largest absolute Gasteiger partial charge is 0.456 e. The van der Waals surface area contributed by atoms with Gasteiger partial charge in [0.2, 0.25) is 0 Å². The third-order valence-corrected chi connectivity index (χ3v) is 1.85. The average Bonchev–Trinajstić information content (AvgIpc) is 2.40. The first-order chi connectivity index (χ1) is 4.83. The molecule has 3 heteroatoms. The monoisotopic (exact) mass is 158 g/mol. The smallest absolute Gasteiger partial charge is 0.198 e. The molecule has 0 aromatic carbocycles. The van der Waals surface area contributed by atoms with Crippen molar-refractivity contribution in [3.05, 3.63) is 17.5 Å². The van der Waals surface area contributed by atoms with Gasteiger partial charge in [0.05, 0.1) is 0 Å². The Morgan fingerprint density at radius 2 is 2.60 bits per heavy atom. The van der Waals surface area contributed by atoms with E-state index < -0.39 is 6.29 Å². The first-order valence-corrected chi connectivity index (χ1v) is 4.09. The Labute approximate surface area is 64.1 Å². The van der Waals surface area contributed by atoms with Gasteiger partial charge in [0.25, 0.3) is 0 Å². The standard InChI is InChI=1S/C7H10O2S/c1-2-6(8)9-7-4-3-5-10-7/h3-6,8H,2H2,1H3. The third kappa shape index (κ3) is 2.01. The second-order valence-electron chi connectivity index (χ2n) is 1.91. The van der Waals surface area contributed by atoms with E-state index in [4.69, 9.17) is 9.84 Å². The van der Waals surface area contributed by atoms with Crippen LogP contribution in [0, 0.1) is 0 Å². The van der Waals surface area contributed by atoms with Gasteiger partial charge in [-0.2, -0.15) is 0 Å². The lowest BCUT2D eigenvalue weighted by Gasteiger charge is -2.07. The summed E-state index contributed by atoms with van der Waals surface area (Å²) in [6.45, 7) is 1.87. The van der Waals surface area contributed by atoms with E-state index in [0.29, 0.717) is 6.42 Å². The first-order valence-electron chi connectivity index (χ1n) is 3.21. The van der Waals surface area contributed by atoms with Gasteiger partial charge in [0.15, 0.2) is 11.4 Å². The van der Waals surface area contributed by atoms with Gasteiger partial charge in [-0.15, -0.1) is 11.3 Å². The fourth-order valence-corrected chi connectivity index (χ4v) is 1.16. The van der Waals surface area contributed by atoms with Gasteiger partial charge in [-0.1, -0.05) is 6.92 Å². The molecule has 1 atom stereocenters. The van der Waals surface area contributed by atoms with Crippen molar-refractivity contribution in [2.24, 2.45) is 0 Å². The van der Waals surface area contributed by atoms with E-state index >= 15 is 0 Å². The van der Waals surface area contributed by atoms with E-state index in [9.17, 15) is 0 Å². The van der Waals surface area contributed by atoms with Crippen molar-refractivity contribution >= 4 is 11.3 Å². The van der Waals surface area contributed by atoms with E-state index in [2.05, 4.69) is 0 Å². The molecule has 0 spiro atoms. The molecule has 10 heavy (non-hydrogen) atoms. The van der Waals surface area contributed by atoms with Gasteiger partial charge in [0.1, 0.15) is 0 Å². The predicted molar refractivity (Wildman–Crippen MR) is 41.2 cm³/mol. The fourth-order valence-electron chi connectivity index (χ4n) is 0.548. The summed E-state index contributed by atoms with van der Waals surface area (Å²) in [5.74, 6) is 0. The van der Waals surface area contributed by atoms with Gasteiger partial charge in [-0.05, 0) is 17.5 Å².